The third kappa shape index (κ3) is 5.44. The van der Waals surface area contributed by atoms with Crippen LogP contribution < -0.4 is 17.2 Å². The van der Waals surface area contributed by atoms with Crippen LogP contribution >= 0.6 is 0 Å². The lowest BCUT2D eigenvalue weighted by atomic mass is 10.0. The van der Waals surface area contributed by atoms with E-state index in [1.54, 1.807) is 0 Å². The zero-order valence-electron chi connectivity index (χ0n) is 15.2. The monoisotopic (exact) mass is 345 g/mol. The summed E-state index contributed by atoms with van der Waals surface area (Å²) in [5.41, 5.74) is 19.2. The summed E-state index contributed by atoms with van der Waals surface area (Å²) in [7, 11) is 1.37. The van der Waals surface area contributed by atoms with Crippen LogP contribution in [0.25, 0.3) is 10.8 Å². The van der Waals surface area contributed by atoms with Gasteiger partial charge in [0.25, 0.3) is 0 Å². The number of hydrogen-bond donors (Lipinski definition) is 3. The quantitative estimate of drug-likeness (QED) is 0.321. The Hall–Kier alpha value is -2.64. The van der Waals surface area contributed by atoms with E-state index < -0.39 is 6.17 Å². The Morgan fingerprint density at radius 2 is 1.76 bits per heavy atom. The average Bonchev–Trinajstić information content (AvgIpc) is 2.62. The van der Waals surface area contributed by atoms with Crippen molar-refractivity contribution < 1.29 is 9.68 Å². The first-order chi connectivity index (χ1) is 12.0. The maximum atomic E-state index is 5.77. The van der Waals surface area contributed by atoms with Gasteiger partial charge in [0, 0.05) is 5.56 Å². The van der Waals surface area contributed by atoms with Gasteiger partial charge in [0.05, 0.1) is 0 Å². The number of benzene rings is 2. The molecule has 6 N–H and O–H groups in total. The van der Waals surface area contributed by atoms with Gasteiger partial charge in [-0.25, -0.2) is 0 Å². The minimum atomic E-state index is -0.901. The zero-order valence-corrected chi connectivity index (χ0v) is 15.2. The Kier molecular flexibility index (Phi) is 8.38. The van der Waals surface area contributed by atoms with Crippen LogP contribution in [0.4, 0.5) is 0 Å². The normalized spacial score (nSPS) is 12.0. The van der Waals surface area contributed by atoms with Gasteiger partial charge < -0.3 is 26.9 Å². The number of fused-ring (bicyclic) bond motifs is 1. The van der Waals surface area contributed by atoms with Crippen molar-refractivity contribution in [3.05, 3.63) is 47.5 Å². The van der Waals surface area contributed by atoms with Gasteiger partial charge in [0.2, 0.25) is 0 Å². The second kappa shape index (κ2) is 10.3. The van der Waals surface area contributed by atoms with Gasteiger partial charge in [-0.2, -0.15) is 0 Å². The van der Waals surface area contributed by atoms with Gasteiger partial charge in [-0.05, 0) is 23.3 Å². The third-order valence-electron chi connectivity index (χ3n) is 3.41. The lowest BCUT2D eigenvalue weighted by Gasteiger charge is -2.11. The van der Waals surface area contributed by atoms with E-state index in [4.69, 9.17) is 22.0 Å². The van der Waals surface area contributed by atoms with Crippen LogP contribution in [0.1, 0.15) is 25.0 Å². The molecular formula is C18H27N5O2. The molecule has 0 fully saturated rings. The minimum Gasteiger partial charge on any atom is -0.399 e. The first-order valence-electron chi connectivity index (χ1n) is 8.09. The summed E-state index contributed by atoms with van der Waals surface area (Å²) in [6, 6.07) is 12.2. The van der Waals surface area contributed by atoms with Gasteiger partial charge in [0.15, 0.2) is 11.5 Å². The number of rotatable bonds is 6. The van der Waals surface area contributed by atoms with E-state index in [1.807, 2.05) is 51.1 Å². The SMILES string of the molecule is CC.CO/N=C(/C(N)=N/OCc1c(C)ccc2ccccc12)C(N)N. The van der Waals surface area contributed by atoms with Crippen molar-refractivity contribution >= 4 is 22.3 Å². The Morgan fingerprint density at radius 3 is 2.40 bits per heavy atom. The molecule has 0 unspecified atom stereocenters. The number of nitrogens with zero attached hydrogens (tertiary/aromatic N) is 2. The number of aryl methyl sites for hydroxylation is 1. The molecule has 0 heterocycles. The molecule has 0 aromatic heterocycles. The molecule has 0 aliphatic heterocycles. The van der Waals surface area contributed by atoms with Crippen LogP contribution in [0.2, 0.25) is 0 Å². The number of oxime groups is 2. The van der Waals surface area contributed by atoms with Crippen molar-refractivity contribution in [1.82, 2.24) is 0 Å². The molecule has 0 aliphatic carbocycles. The molecule has 2 rings (SSSR count). The van der Waals surface area contributed by atoms with E-state index in [1.165, 1.54) is 7.11 Å². The van der Waals surface area contributed by atoms with E-state index in [0.717, 1.165) is 21.9 Å². The van der Waals surface area contributed by atoms with Crippen molar-refractivity contribution in [3.63, 3.8) is 0 Å². The molecule has 2 aromatic rings. The average molecular weight is 345 g/mol. The highest BCUT2D eigenvalue weighted by Gasteiger charge is 2.13. The van der Waals surface area contributed by atoms with Crippen LogP contribution in [0.3, 0.4) is 0 Å². The zero-order chi connectivity index (χ0) is 18.8. The van der Waals surface area contributed by atoms with E-state index in [9.17, 15) is 0 Å². The van der Waals surface area contributed by atoms with E-state index in [-0.39, 0.29) is 18.2 Å². The molecule has 0 atom stereocenters. The number of amidine groups is 1. The molecule has 7 heteroatoms. The molecule has 25 heavy (non-hydrogen) atoms. The van der Waals surface area contributed by atoms with E-state index in [0.29, 0.717) is 0 Å². The predicted molar refractivity (Wildman–Crippen MR) is 103 cm³/mol. The first-order valence-corrected chi connectivity index (χ1v) is 8.09. The van der Waals surface area contributed by atoms with Crippen molar-refractivity contribution in [2.45, 2.75) is 33.5 Å². The fourth-order valence-corrected chi connectivity index (χ4v) is 2.23. The smallest absolute Gasteiger partial charge is 0.191 e. The summed E-state index contributed by atoms with van der Waals surface area (Å²) in [6.45, 7) is 6.29. The minimum absolute atomic E-state index is 0.0141. The lowest BCUT2D eigenvalue weighted by Crippen LogP contribution is -2.46. The van der Waals surface area contributed by atoms with Gasteiger partial charge >= 0.3 is 0 Å². The van der Waals surface area contributed by atoms with Crippen LogP contribution in [0.15, 0.2) is 46.7 Å². The van der Waals surface area contributed by atoms with Gasteiger partial charge in [-0.15, -0.1) is 0 Å². The van der Waals surface area contributed by atoms with Crippen molar-refractivity contribution in [2.75, 3.05) is 7.11 Å². The fraction of sp³-hybridized carbons (Fsp3) is 0.333. The molecule has 0 radical (unpaired) electrons. The molecule has 0 bridgehead atoms. The topological polar surface area (TPSA) is 121 Å². The molecule has 2 aromatic carbocycles. The van der Waals surface area contributed by atoms with Crippen LogP contribution in [0.5, 0.6) is 0 Å². The van der Waals surface area contributed by atoms with Crippen LogP contribution in [0, 0.1) is 6.92 Å². The van der Waals surface area contributed by atoms with Crippen molar-refractivity contribution in [2.24, 2.45) is 27.5 Å². The Balaban J connectivity index is 0.00000151. The highest BCUT2D eigenvalue weighted by molar-refractivity contribution is 6.42. The van der Waals surface area contributed by atoms with Crippen molar-refractivity contribution in [1.29, 1.82) is 0 Å². The number of nitrogens with two attached hydrogens (primary N) is 3. The summed E-state index contributed by atoms with van der Waals surface area (Å²) in [6.07, 6.45) is -0.901. The summed E-state index contributed by atoms with van der Waals surface area (Å²) in [5.74, 6) is -0.0141. The van der Waals surface area contributed by atoms with E-state index in [2.05, 4.69) is 21.2 Å². The lowest BCUT2D eigenvalue weighted by molar-refractivity contribution is 0.131. The Bertz CT molecular complexity index is 741. The van der Waals surface area contributed by atoms with E-state index >= 15 is 0 Å². The Morgan fingerprint density at radius 1 is 1.08 bits per heavy atom. The van der Waals surface area contributed by atoms with Gasteiger partial charge in [0.1, 0.15) is 19.9 Å². The maximum Gasteiger partial charge on any atom is 0.191 e. The summed E-state index contributed by atoms with van der Waals surface area (Å²) in [4.78, 5) is 10.0. The summed E-state index contributed by atoms with van der Waals surface area (Å²) >= 11 is 0. The molecule has 0 saturated carbocycles. The predicted octanol–water partition coefficient (Wildman–Crippen LogP) is 2.21. The Labute approximate surface area is 148 Å². The second-order valence-corrected chi connectivity index (χ2v) is 5.02. The largest absolute Gasteiger partial charge is 0.399 e. The molecule has 0 amide bonds. The summed E-state index contributed by atoms with van der Waals surface area (Å²) in [5, 5.41) is 9.73. The third-order valence-corrected chi connectivity index (χ3v) is 3.41. The molecular weight excluding hydrogens is 318 g/mol. The molecule has 7 nitrogen and oxygen atoms in total. The molecule has 136 valence electrons. The molecule has 0 aliphatic rings. The van der Waals surface area contributed by atoms with Crippen LogP contribution in [-0.2, 0) is 16.3 Å². The molecule has 0 saturated heterocycles. The highest BCUT2D eigenvalue weighted by Crippen LogP contribution is 2.22. The van der Waals surface area contributed by atoms with Gasteiger partial charge in [-0.3, -0.25) is 0 Å². The highest BCUT2D eigenvalue weighted by atomic mass is 16.6. The summed E-state index contributed by atoms with van der Waals surface area (Å²) < 4.78 is 0. The van der Waals surface area contributed by atoms with Crippen LogP contribution in [-0.4, -0.2) is 24.8 Å². The van der Waals surface area contributed by atoms with Gasteiger partial charge in [-0.1, -0.05) is 60.6 Å². The molecule has 0 spiro atoms. The maximum absolute atomic E-state index is 5.77. The fourth-order valence-electron chi connectivity index (χ4n) is 2.23. The number of hydrogen-bond acceptors (Lipinski definition) is 6. The van der Waals surface area contributed by atoms with Crippen molar-refractivity contribution in [3.8, 4) is 0 Å². The standard InChI is InChI=1S/C16H21N5O2.C2H6/c1-10-7-8-11-5-3-4-6-12(11)13(10)9-23-21-16(19)14(15(17)18)20-22-2;1-2/h3-8,15H,9,17-18H2,1-2H3,(H2,19,21);1-2H3/b20-14+;. The second-order valence-electron chi connectivity index (χ2n) is 5.02. The first kappa shape index (κ1) is 20.4.